The van der Waals surface area contributed by atoms with Gasteiger partial charge in [0.25, 0.3) is 0 Å². The minimum atomic E-state index is -3.57. The monoisotopic (exact) mass is 298 g/mol. The molecule has 1 aromatic rings. The van der Waals surface area contributed by atoms with E-state index in [4.69, 9.17) is 5.73 Å². The zero-order valence-electron chi connectivity index (χ0n) is 11.7. The van der Waals surface area contributed by atoms with E-state index in [1.54, 1.807) is 19.1 Å². The van der Waals surface area contributed by atoms with E-state index in [0.717, 1.165) is 18.4 Å². The highest BCUT2D eigenvalue weighted by Crippen LogP contribution is 2.27. The van der Waals surface area contributed by atoms with E-state index in [1.165, 1.54) is 4.31 Å². The average Bonchev–Trinajstić information content (AvgIpc) is 2.47. The molecular weight excluding hydrogens is 276 g/mol. The molecule has 5 nitrogen and oxygen atoms in total. The van der Waals surface area contributed by atoms with Gasteiger partial charge in [0, 0.05) is 19.1 Å². The van der Waals surface area contributed by atoms with E-state index in [2.05, 4.69) is 0 Å². The van der Waals surface area contributed by atoms with E-state index < -0.39 is 10.0 Å². The molecule has 2 rings (SSSR count). The molecule has 6 heteroatoms. The summed E-state index contributed by atoms with van der Waals surface area (Å²) in [5.41, 5.74) is 7.11. The van der Waals surface area contributed by atoms with Crippen molar-refractivity contribution in [3.05, 3.63) is 29.3 Å². The van der Waals surface area contributed by atoms with E-state index in [9.17, 15) is 13.5 Å². The molecule has 1 aliphatic heterocycles. The van der Waals surface area contributed by atoms with Gasteiger partial charge in [0.1, 0.15) is 0 Å². The zero-order valence-corrected chi connectivity index (χ0v) is 12.6. The molecule has 0 bridgehead atoms. The Hall–Kier alpha value is -0.950. The fourth-order valence-corrected chi connectivity index (χ4v) is 4.61. The fourth-order valence-electron chi connectivity index (χ4n) is 2.65. The Morgan fingerprint density at radius 2 is 2.15 bits per heavy atom. The second-order valence-corrected chi connectivity index (χ2v) is 7.11. The van der Waals surface area contributed by atoms with Gasteiger partial charge in [-0.2, -0.15) is 4.31 Å². The molecule has 1 atom stereocenters. The lowest BCUT2D eigenvalue weighted by Gasteiger charge is -2.33. The Morgan fingerprint density at radius 1 is 1.40 bits per heavy atom. The summed E-state index contributed by atoms with van der Waals surface area (Å²) in [6, 6.07) is 4.96. The van der Waals surface area contributed by atoms with Crippen molar-refractivity contribution in [3.8, 4) is 0 Å². The first-order valence-corrected chi connectivity index (χ1v) is 8.37. The van der Waals surface area contributed by atoms with Gasteiger partial charge in [0.15, 0.2) is 0 Å². The lowest BCUT2D eigenvalue weighted by atomic mass is 10.1. The number of piperidine rings is 1. The first kappa shape index (κ1) is 15.4. The van der Waals surface area contributed by atoms with Crippen molar-refractivity contribution in [2.45, 2.75) is 43.7 Å². The SMILES string of the molecule is Cc1ccc(CN)cc1S(=O)(=O)N1CCCCC1CO. The molecule has 1 fully saturated rings. The van der Waals surface area contributed by atoms with Gasteiger partial charge in [-0.05, 0) is 37.0 Å². The molecule has 0 aliphatic carbocycles. The number of aliphatic hydroxyl groups is 1. The Labute approximate surface area is 120 Å². The Kier molecular flexibility index (Phi) is 4.80. The van der Waals surface area contributed by atoms with E-state index >= 15 is 0 Å². The van der Waals surface area contributed by atoms with Crippen molar-refractivity contribution in [2.24, 2.45) is 5.73 Å². The smallest absolute Gasteiger partial charge is 0.243 e. The summed E-state index contributed by atoms with van der Waals surface area (Å²) < 4.78 is 27.1. The normalized spacial score (nSPS) is 21.1. The number of benzene rings is 1. The van der Waals surface area contributed by atoms with Crippen LogP contribution in [-0.4, -0.2) is 37.0 Å². The van der Waals surface area contributed by atoms with Crippen LogP contribution in [0.1, 0.15) is 30.4 Å². The zero-order chi connectivity index (χ0) is 14.8. The van der Waals surface area contributed by atoms with Crippen LogP contribution >= 0.6 is 0 Å². The Bertz CT molecular complexity index is 572. The molecule has 0 spiro atoms. The van der Waals surface area contributed by atoms with Gasteiger partial charge in [-0.25, -0.2) is 8.42 Å². The van der Waals surface area contributed by atoms with Crippen LogP contribution in [-0.2, 0) is 16.6 Å². The second-order valence-electron chi connectivity index (χ2n) is 5.25. The van der Waals surface area contributed by atoms with Crippen molar-refractivity contribution >= 4 is 10.0 Å². The molecule has 112 valence electrons. The number of sulfonamides is 1. The number of aliphatic hydroxyl groups excluding tert-OH is 1. The standard InChI is InChI=1S/C14H22N2O3S/c1-11-5-6-12(9-15)8-14(11)20(18,19)16-7-3-2-4-13(16)10-17/h5-6,8,13,17H,2-4,7,9-10,15H2,1H3. The summed E-state index contributed by atoms with van der Waals surface area (Å²) >= 11 is 0. The first-order chi connectivity index (χ1) is 9.50. The second kappa shape index (κ2) is 6.22. The molecule has 0 amide bonds. The van der Waals surface area contributed by atoms with Gasteiger partial charge in [0.2, 0.25) is 10.0 Å². The van der Waals surface area contributed by atoms with Crippen LogP contribution in [0.3, 0.4) is 0 Å². The summed E-state index contributed by atoms with van der Waals surface area (Å²) in [5, 5.41) is 9.42. The largest absolute Gasteiger partial charge is 0.395 e. The number of hydrogen-bond donors (Lipinski definition) is 2. The quantitative estimate of drug-likeness (QED) is 0.868. The van der Waals surface area contributed by atoms with Crippen molar-refractivity contribution in [2.75, 3.05) is 13.2 Å². The molecule has 0 aromatic heterocycles. The Morgan fingerprint density at radius 3 is 2.80 bits per heavy atom. The van der Waals surface area contributed by atoms with Gasteiger partial charge < -0.3 is 10.8 Å². The fraction of sp³-hybridized carbons (Fsp3) is 0.571. The van der Waals surface area contributed by atoms with Crippen LogP contribution in [0, 0.1) is 6.92 Å². The molecule has 3 N–H and O–H groups in total. The predicted octanol–water partition coefficient (Wildman–Crippen LogP) is 0.989. The van der Waals surface area contributed by atoms with Gasteiger partial charge >= 0.3 is 0 Å². The van der Waals surface area contributed by atoms with Gasteiger partial charge in [0.05, 0.1) is 11.5 Å². The lowest BCUT2D eigenvalue weighted by molar-refractivity contribution is 0.155. The topological polar surface area (TPSA) is 83.6 Å². The molecule has 1 saturated heterocycles. The van der Waals surface area contributed by atoms with Gasteiger partial charge in [-0.3, -0.25) is 0 Å². The van der Waals surface area contributed by atoms with Crippen LogP contribution < -0.4 is 5.73 Å². The summed E-state index contributed by atoms with van der Waals surface area (Å²) in [7, 11) is -3.57. The van der Waals surface area contributed by atoms with Gasteiger partial charge in [-0.15, -0.1) is 0 Å². The number of aryl methyl sites for hydroxylation is 1. The highest BCUT2D eigenvalue weighted by Gasteiger charge is 2.33. The molecular formula is C14H22N2O3S. The number of hydrogen-bond acceptors (Lipinski definition) is 4. The highest BCUT2D eigenvalue weighted by atomic mass is 32.2. The van der Waals surface area contributed by atoms with E-state index in [0.29, 0.717) is 30.0 Å². The minimum Gasteiger partial charge on any atom is -0.395 e. The van der Waals surface area contributed by atoms with Crippen molar-refractivity contribution < 1.29 is 13.5 Å². The third-order valence-corrected chi connectivity index (χ3v) is 5.95. The Balaban J connectivity index is 2.43. The number of nitrogens with zero attached hydrogens (tertiary/aromatic N) is 1. The number of nitrogens with two attached hydrogens (primary N) is 1. The predicted molar refractivity (Wildman–Crippen MR) is 77.7 cm³/mol. The summed E-state index contributed by atoms with van der Waals surface area (Å²) in [6.45, 7) is 2.44. The molecule has 0 radical (unpaired) electrons. The third kappa shape index (κ3) is 2.88. The van der Waals surface area contributed by atoms with Crippen molar-refractivity contribution in [3.63, 3.8) is 0 Å². The minimum absolute atomic E-state index is 0.130. The highest BCUT2D eigenvalue weighted by molar-refractivity contribution is 7.89. The van der Waals surface area contributed by atoms with Gasteiger partial charge in [-0.1, -0.05) is 18.6 Å². The molecule has 1 heterocycles. The number of rotatable bonds is 4. The average molecular weight is 298 g/mol. The van der Waals surface area contributed by atoms with Crippen LogP contribution in [0.4, 0.5) is 0 Å². The lowest BCUT2D eigenvalue weighted by Crippen LogP contribution is -2.45. The van der Waals surface area contributed by atoms with Crippen LogP contribution in [0.5, 0.6) is 0 Å². The molecule has 0 saturated carbocycles. The van der Waals surface area contributed by atoms with Crippen LogP contribution in [0.2, 0.25) is 0 Å². The summed E-state index contributed by atoms with van der Waals surface area (Å²) in [6.07, 6.45) is 2.51. The van der Waals surface area contributed by atoms with Crippen molar-refractivity contribution in [1.82, 2.24) is 4.31 Å². The summed E-state index contributed by atoms with van der Waals surface area (Å²) in [4.78, 5) is 0.306. The third-order valence-electron chi connectivity index (χ3n) is 3.86. The van der Waals surface area contributed by atoms with Crippen LogP contribution in [0.25, 0.3) is 0 Å². The first-order valence-electron chi connectivity index (χ1n) is 6.93. The molecule has 1 aromatic carbocycles. The van der Waals surface area contributed by atoms with E-state index in [1.807, 2.05) is 6.07 Å². The summed E-state index contributed by atoms with van der Waals surface area (Å²) in [5.74, 6) is 0. The maximum absolute atomic E-state index is 12.8. The maximum atomic E-state index is 12.8. The van der Waals surface area contributed by atoms with Crippen molar-refractivity contribution in [1.29, 1.82) is 0 Å². The maximum Gasteiger partial charge on any atom is 0.243 e. The molecule has 20 heavy (non-hydrogen) atoms. The van der Waals surface area contributed by atoms with E-state index in [-0.39, 0.29) is 12.6 Å². The molecule has 1 unspecified atom stereocenters. The van der Waals surface area contributed by atoms with Crippen LogP contribution in [0.15, 0.2) is 23.1 Å². The molecule has 1 aliphatic rings.